The second-order valence-electron chi connectivity index (χ2n) is 1.41. The van der Waals surface area contributed by atoms with E-state index >= 15 is 0 Å². The predicted octanol–water partition coefficient (Wildman–Crippen LogP) is 0.846. The van der Waals surface area contributed by atoms with Crippen molar-refractivity contribution in [3.8, 4) is 0 Å². The van der Waals surface area contributed by atoms with Crippen molar-refractivity contribution >= 4 is 31.9 Å². The number of aliphatic hydroxyl groups excluding tert-OH is 2. The highest BCUT2D eigenvalue weighted by molar-refractivity contribution is 9.24. The summed E-state index contributed by atoms with van der Waals surface area (Å²) in [5.41, 5.74) is 0. The molecule has 4 heteroatoms. The summed E-state index contributed by atoms with van der Waals surface area (Å²) in [7, 11) is 0. The minimum Gasteiger partial charge on any atom is -0.396 e. The first kappa shape index (κ1) is 8.88. The quantitative estimate of drug-likeness (QED) is 0.726. The van der Waals surface area contributed by atoms with E-state index in [2.05, 4.69) is 31.9 Å². The van der Waals surface area contributed by atoms with Gasteiger partial charge in [0.05, 0.1) is 9.84 Å². The van der Waals surface area contributed by atoms with Crippen molar-refractivity contribution < 1.29 is 10.2 Å². The zero-order chi connectivity index (χ0) is 6.57. The second-order valence-corrected chi connectivity index (χ2v) is 4.62. The highest BCUT2D eigenvalue weighted by Gasteiger charge is 2.09. The molecule has 0 aromatic heterocycles. The van der Waals surface area contributed by atoms with Crippen LogP contribution in [0.4, 0.5) is 0 Å². The minimum absolute atomic E-state index is 0.0227. The molecular weight excluding hydrogens is 240 g/mol. The van der Waals surface area contributed by atoms with Crippen molar-refractivity contribution in [2.45, 2.75) is 16.3 Å². The summed E-state index contributed by atoms with van der Waals surface area (Å²) in [5, 5.41) is 17.2. The van der Waals surface area contributed by atoms with Crippen LogP contribution in [0.1, 0.15) is 6.42 Å². The van der Waals surface area contributed by atoms with Crippen molar-refractivity contribution in [3.63, 3.8) is 0 Å². The van der Waals surface area contributed by atoms with Gasteiger partial charge in [-0.3, -0.25) is 0 Å². The Morgan fingerprint density at radius 1 is 1.38 bits per heavy atom. The molecule has 0 spiro atoms. The van der Waals surface area contributed by atoms with Crippen molar-refractivity contribution in [2.75, 3.05) is 6.61 Å². The third-order valence-corrected chi connectivity index (χ3v) is 1.94. The molecule has 0 heterocycles. The van der Waals surface area contributed by atoms with E-state index in [0.717, 1.165) is 0 Å². The first-order valence-corrected chi connectivity index (χ1v) is 4.08. The maximum absolute atomic E-state index is 8.87. The molecule has 0 rings (SSSR count). The number of rotatable bonds is 3. The average Bonchev–Trinajstić information content (AvgIpc) is 1.67. The van der Waals surface area contributed by atoms with E-state index in [4.69, 9.17) is 10.2 Å². The highest BCUT2D eigenvalue weighted by Crippen LogP contribution is 2.14. The fourth-order valence-electron chi connectivity index (χ4n) is 0.258. The molecule has 2 nitrogen and oxygen atoms in total. The van der Waals surface area contributed by atoms with Gasteiger partial charge in [0, 0.05) is 6.61 Å². The Labute approximate surface area is 65.2 Å². The number of alkyl halides is 2. The lowest BCUT2D eigenvalue weighted by atomic mass is 10.3. The van der Waals surface area contributed by atoms with Gasteiger partial charge in [-0.1, -0.05) is 31.9 Å². The Morgan fingerprint density at radius 3 is 2.00 bits per heavy atom. The summed E-state index contributed by atoms with van der Waals surface area (Å²) in [4.78, 5) is 0. The molecule has 1 atom stereocenters. The van der Waals surface area contributed by atoms with Gasteiger partial charge in [-0.15, -0.1) is 0 Å². The first-order chi connectivity index (χ1) is 3.68. The van der Waals surface area contributed by atoms with Crippen LogP contribution in [0.5, 0.6) is 0 Å². The van der Waals surface area contributed by atoms with Gasteiger partial charge in [0.1, 0.15) is 0 Å². The topological polar surface area (TPSA) is 40.5 Å². The molecule has 8 heavy (non-hydrogen) atoms. The van der Waals surface area contributed by atoms with Crippen molar-refractivity contribution in [1.29, 1.82) is 0 Å². The Kier molecular flexibility index (Phi) is 5.25. The Morgan fingerprint density at radius 2 is 1.88 bits per heavy atom. The van der Waals surface area contributed by atoms with Crippen LogP contribution < -0.4 is 0 Å². The van der Waals surface area contributed by atoms with E-state index in [9.17, 15) is 0 Å². The lowest BCUT2D eigenvalue weighted by Crippen LogP contribution is -2.15. The Bertz CT molecular complexity index is 58.0. The predicted molar refractivity (Wildman–Crippen MR) is 39.4 cm³/mol. The molecule has 50 valence electrons. The van der Waals surface area contributed by atoms with Gasteiger partial charge < -0.3 is 10.2 Å². The smallest absolute Gasteiger partial charge is 0.0956 e. The van der Waals surface area contributed by atoms with Gasteiger partial charge in [0.2, 0.25) is 0 Å². The normalized spacial score (nSPS) is 14.6. The SMILES string of the molecule is OCCC(O)C(Br)Br. The summed E-state index contributed by atoms with van der Waals surface area (Å²) in [6, 6.07) is 0. The molecule has 2 N–H and O–H groups in total. The number of halogens is 2. The second kappa shape index (κ2) is 4.73. The molecular formula is C4H8Br2O2. The van der Waals surface area contributed by atoms with Gasteiger partial charge >= 0.3 is 0 Å². The summed E-state index contributed by atoms with van der Waals surface area (Å²) in [6.45, 7) is 0.0227. The largest absolute Gasteiger partial charge is 0.396 e. The summed E-state index contributed by atoms with van der Waals surface area (Å²) < 4.78 is -0.109. The van der Waals surface area contributed by atoms with Crippen LogP contribution >= 0.6 is 31.9 Å². The van der Waals surface area contributed by atoms with Gasteiger partial charge in [0.25, 0.3) is 0 Å². The average molecular weight is 248 g/mol. The zero-order valence-electron chi connectivity index (χ0n) is 4.22. The third kappa shape index (κ3) is 3.83. The molecule has 0 aromatic carbocycles. The van der Waals surface area contributed by atoms with E-state index in [-0.39, 0.29) is 10.3 Å². The van der Waals surface area contributed by atoms with Crippen LogP contribution in [-0.4, -0.2) is 26.7 Å². The minimum atomic E-state index is -0.500. The first-order valence-electron chi connectivity index (χ1n) is 2.25. The molecule has 0 saturated carbocycles. The van der Waals surface area contributed by atoms with Crippen LogP contribution in [0, 0.1) is 0 Å². The number of aliphatic hydroxyl groups is 2. The molecule has 0 aliphatic rings. The van der Waals surface area contributed by atoms with Crippen molar-refractivity contribution in [2.24, 2.45) is 0 Å². The van der Waals surface area contributed by atoms with Gasteiger partial charge in [0.15, 0.2) is 0 Å². The molecule has 1 unspecified atom stereocenters. The molecule has 0 aromatic rings. The van der Waals surface area contributed by atoms with Crippen LogP contribution in [0.25, 0.3) is 0 Å². The lowest BCUT2D eigenvalue weighted by Gasteiger charge is -2.07. The standard InChI is InChI=1S/C4H8Br2O2/c5-4(6)3(8)1-2-7/h3-4,7-8H,1-2H2. The van der Waals surface area contributed by atoms with Gasteiger partial charge in [-0.2, -0.15) is 0 Å². The molecule has 0 radical (unpaired) electrons. The van der Waals surface area contributed by atoms with Crippen molar-refractivity contribution in [3.05, 3.63) is 0 Å². The molecule has 0 saturated heterocycles. The fraction of sp³-hybridized carbons (Fsp3) is 1.00. The Balaban J connectivity index is 3.17. The number of hydrogen-bond acceptors (Lipinski definition) is 2. The van der Waals surface area contributed by atoms with E-state index < -0.39 is 6.10 Å². The van der Waals surface area contributed by atoms with E-state index in [0.29, 0.717) is 6.42 Å². The van der Waals surface area contributed by atoms with Gasteiger partial charge in [-0.25, -0.2) is 0 Å². The van der Waals surface area contributed by atoms with Crippen LogP contribution in [-0.2, 0) is 0 Å². The monoisotopic (exact) mass is 246 g/mol. The van der Waals surface area contributed by atoms with Crippen LogP contribution in [0.3, 0.4) is 0 Å². The van der Waals surface area contributed by atoms with Crippen molar-refractivity contribution in [1.82, 2.24) is 0 Å². The Hall–Kier alpha value is 0.880. The molecule has 0 amide bonds. The maximum Gasteiger partial charge on any atom is 0.0956 e. The fourth-order valence-corrected chi connectivity index (χ4v) is 0.787. The maximum atomic E-state index is 8.87. The molecule has 0 fully saturated rings. The van der Waals surface area contributed by atoms with Crippen LogP contribution in [0.15, 0.2) is 0 Å². The zero-order valence-corrected chi connectivity index (χ0v) is 7.39. The highest BCUT2D eigenvalue weighted by atomic mass is 79.9. The third-order valence-electron chi connectivity index (χ3n) is 0.716. The summed E-state index contributed by atoms with van der Waals surface area (Å²) in [6.07, 6.45) is -0.0961. The molecule has 0 bridgehead atoms. The lowest BCUT2D eigenvalue weighted by molar-refractivity contribution is 0.148. The van der Waals surface area contributed by atoms with Crippen LogP contribution in [0.2, 0.25) is 0 Å². The van der Waals surface area contributed by atoms with E-state index in [1.54, 1.807) is 0 Å². The molecule has 0 aliphatic carbocycles. The van der Waals surface area contributed by atoms with E-state index in [1.165, 1.54) is 0 Å². The van der Waals surface area contributed by atoms with Gasteiger partial charge in [-0.05, 0) is 6.42 Å². The number of hydrogen-bond donors (Lipinski definition) is 2. The summed E-state index contributed by atoms with van der Waals surface area (Å²) in [5.74, 6) is 0. The summed E-state index contributed by atoms with van der Waals surface area (Å²) >= 11 is 6.19. The molecule has 0 aliphatic heterocycles. The van der Waals surface area contributed by atoms with E-state index in [1.807, 2.05) is 0 Å².